The lowest BCUT2D eigenvalue weighted by Gasteiger charge is -2.09. The molecular formula is C16H15FO2. The lowest BCUT2D eigenvalue weighted by atomic mass is 10.0. The minimum absolute atomic E-state index is 0.226. The molecule has 19 heavy (non-hydrogen) atoms. The van der Waals surface area contributed by atoms with E-state index in [2.05, 4.69) is 0 Å². The molecule has 0 saturated heterocycles. The number of alkyl halides is 1. The van der Waals surface area contributed by atoms with Crippen molar-refractivity contribution in [2.45, 2.75) is 19.0 Å². The molecule has 2 atom stereocenters. The smallest absolute Gasteiger partial charge is 0.312 e. The van der Waals surface area contributed by atoms with Crippen molar-refractivity contribution in [3.8, 4) is 0 Å². The molecule has 0 spiro atoms. The second kappa shape index (κ2) is 4.34. The molecule has 0 radical (unpaired) electrons. The highest BCUT2D eigenvalue weighted by molar-refractivity contribution is 5.84. The van der Waals surface area contributed by atoms with Gasteiger partial charge >= 0.3 is 5.97 Å². The van der Waals surface area contributed by atoms with Crippen LogP contribution in [-0.4, -0.2) is 12.6 Å². The number of ether oxygens (including phenoxy) is 1. The first kappa shape index (κ1) is 12.2. The Hall–Kier alpha value is -1.90. The molecule has 1 aliphatic carbocycles. The van der Waals surface area contributed by atoms with Crippen molar-refractivity contribution in [1.29, 1.82) is 0 Å². The van der Waals surface area contributed by atoms with E-state index in [0.29, 0.717) is 12.2 Å². The van der Waals surface area contributed by atoms with Crippen LogP contribution in [0.3, 0.4) is 0 Å². The van der Waals surface area contributed by atoms with Crippen LogP contribution < -0.4 is 0 Å². The monoisotopic (exact) mass is 258 g/mol. The molecular weight excluding hydrogens is 243 g/mol. The van der Waals surface area contributed by atoms with Crippen molar-refractivity contribution in [3.05, 3.63) is 48.0 Å². The van der Waals surface area contributed by atoms with E-state index in [9.17, 15) is 9.18 Å². The van der Waals surface area contributed by atoms with Crippen LogP contribution in [0.2, 0.25) is 0 Å². The average molecular weight is 258 g/mol. The van der Waals surface area contributed by atoms with Crippen molar-refractivity contribution in [2.24, 2.45) is 5.92 Å². The largest absolute Gasteiger partial charge is 0.466 e. The van der Waals surface area contributed by atoms with E-state index in [1.807, 2.05) is 36.4 Å². The maximum Gasteiger partial charge on any atom is 0.312 e. The summed E-state index contributed by atoms with van der Waals surface area (Å²) < 4.78 is 19.6. The Kier molecular flexibility index (Phi) is 2.77. The minimum atomic E-state index is -1.55. The van der Waals surface area contributed by atoms with Crippen LogP contribution in [0.25, 0.3) is 10.8 Å². The molecule has 0 bridgehead atoms. The number of fused-ring (bicyclic) bond motifs is 1. The Morgan fingerprint density at radius 3 is 2.79 bits per heavy atom. The lowest BCUT2D eigenvalue weighted by molar-refractivity contribution is -0.145. The number of esters is 1. The molecule has 1 aliphatic rings. The van der Waals surface area contributed by atoms with Gasteiger partial charge in [-0.3, -0.25) is 4.79 Å². The fourth-order valence-electron chi connectivity index (χ4n) is 2.52. The van der Waals surface area contributed by atoms with Gasteiger partial charge in [-0.05, 0) is 29.3 Å². The van der Waals surface area contributed by atoms with Gasteiger partial charge in [0.05, 0.1) is 12.5 Å². The van der Waals surface area contributed by atoms with E-state index in [4.69, 9.17) is 4.74 Å². The van der Waals surface area contributed by atoms with E-state index >= 15 is 0 Å². The number of halogens is 1. The SMILES string of the molecule is CCOC(=O)[C@H]1C[C@]1(F)c1ccc2ccccc2c1. The molecule has 0 amide bonds. The van der Waals surface area contributed by atoms with E-state index < -0.39 is 17.6 Å². The summed E-state index contributed by atoms with van der Waals surface area (Å²) in [5.41, 5.74) is -0.972. The van der Waals surface area contributed by atoms with E-state index in [1.165, 1.54) is 0 Å². The van der Waals surface area contributed by atoms with Crippen LogP contribution in [0.5, 0.6) is 0 Å². The summed E-state index contributed by atoms with van der Waals surface area (Å²) in [5.74, 6) is -1.08. The third-order valence-corrected chi connectivity index (χ3v) is 3.69. The predicted octanol–water partition coefficient (Wildman–Crippen LogP) is 3.59. The van der Waals surface area contributed by atoms with Crippen molar-refractivity contribution < 1.29 is 13.9 Å². The Bertz CT molecular complexity index is 637. The highest BCUT2D eigenvalue weighted by atomic mass is 19.1. The van der Waals surface area contributed by atoms with Crippen LogP contribution in [0, 0.1) is 5.92 Å². The molecule has 2 aromatic carbocycles. The zero-order chi connectivity index (χ0) is 13.5. The van der Waals surface area contributed by atoms with Crippen LogP contribution in [0.15, 0.2) is 42.5 Å². The summed E-state index contributed by atoms with van der Waals surface area (Å²) in [5, 5.41) is 2.06. The number of carbonyl (C=O) groups excluding carboxylic acids is 1. The quantitative estimate of drug-likeness (QED) is 0.786. The summed E-state index contributed by atoms with van der Waals surface area (Å²) in [4.78, 5) is 11.6. The van der Waals surface area contributed by atoms with Crippen LogP contribution in [0.4, 0.5) is 4.39 Å². The van der Waals surface area contributed by atoms with Crippen LogP contribution in [0.1, 0.15) is 18.9 Å². The molecule has 2 nitrogen and oxygen atoms in total. The average Bonchev–Trinajstić information content (AvgIpc) is 3.12. The first-order chi connectivity index (χ1) is 9.15. The second-order valence-corrected chi connectivity index (χ2v) is 4.93. The minimum Gasteiger partial charge on any atom is -0.466 e. The van der Waals surface area contributed by atoms with E-state index in [1.54, 1.807) is 13.0 Å². The van der Waals surface area contributed by atoms with Crippen molar-refractivity contribution in [1.82, 2.24) is 0 Å². The van der Waals surface area contributed by atoms with Crippen molar-refractivity contribution in [2.75, 3.05) is 6.61 Å². The normalized spacial score (nSPS) is 25.3. The standard InChI is InChI=1S/C16H15FO2/c1-2-19-15(18)14-10-16(14,17)13-8-7-11-5-3-4-6-12(11)9-13/h3-9,14H,2,10H2,1H3/t14-,16+/m1/s1. The number of benzene rings is 2. The van der Waals surface area contributed by atoms with Gasteiger partial charge in [-0.1, -0.05) is 36.4 Å². The summed E-state index contributed by atoms with van der Waals surface area (Å²) in [7, 11) is 0. The number of hydrogen-bond acceptors (Lipinski definition) is 2. The Balaban J connectivity index is 1.91. The first-order valence-corrected chi connectivity index (χ1v) is 6.50. The van der Waals surface area contributed by atoms with Gasteiger partial charge in [0.2, 0.25) is 0 Å². The molecule has 0 N–H and O–H groups in total. The molecule has 1 saturated carbocycles. The molecule has 0 aromatic heterocycles. The topological polar surface area (TPSA) is 26.3 Å². The van der Waals surface area contributed by atoms with Crippen molar-refractivity contribution >= 4 is 16.7 Å². The summed E-state index contributed by atoms with van der Waals surface area (Å²) >= 11 is 0. The van der Waals surface area contributed by atoms with Gasteiger partial charge in [-0.15, -0.1) is 0 Å². The van der Waals surface area contributed by atoms with Gasteiger partial charge in [-0.25, -0.2) is 4.39 Å². The third kappa shape index (κ3) is 1.99. The zero-order valence-corrected chi connectivity index (χ0v) is 10.7. The molecule has 0 heterocycles. The molecule has 1 fully saturated rings. The lowest BCUT2D eigenvalue weighted by Crippen LogP contribution is -2.13. The first-order valence-electron chi connectivity index (χ1n) is 6.50. The zero-order valence-electron chi connectivity index (χ0n) is 10.7. The highest BCUT2D eigenvalue weighted by Crippen LogP contribution is 2.56. The van der Waals surface area contributed by atoms with Crippen LogP contribution >= 0.6 is 0 Å². The van der Waals surface area contributed by atoms with Gasteiger partial charge < -0.3 is 4.74 Å². The maximum absolute atomic E-state index is 14.7. The Morgan fingerprint density at radius 1 is 1.32 bits per heavy atom. The maximum atomic E-state index is 14.7. The molecule has 98 valence electrons. The molecule has 3 heteroatoms. The molecule has 3 rings (SSSR count). The molecule has 2 aromatic rings. The number of rotatable bonds is 3. The van der Waals surface area contributed by atoms with E-state index in [0.717, 1.165) is 10.8 Å². The van der Waals surface area contributed by atoms with Gasteiger partial charge in [0, 0.05) is 6.42 Å². The fourth-order valence-corrected chi connectivity index (χ4v) is 2.52. The van der Waals surface area contributed by atoms with Gasteiger partial charge in [0.25, 0.3) is 0 Å². The molecule has 0 unspecified atom stereocenters. The van der Waals surface area contributed by atoms with Gasteiger partial charge in [0.15, 0.2) is 0 Å². The Labute approximate surface area is 111 Å². The number of hydrogen-bond donors (Lipinski definition) is 0. The van der Waals surface area contributed by atoms with Crippen LogP contribution in [-0.2, 0) is 15.2 Å². The second-order valence-electron chi connectivity index (χ2n) is 4.93. The van der Waals surface area contributed by atoms with Gasteiger partial charge in [-0.2, -0.15) is 0 Å². The van der Waals surface area contributed by atoms with Gasteiger partial charge in [0.1, 0.15) is 5.67 Å². The predicted molar refractivity (Wildman–Crippen MR) is 71.5 cm³/mol. The summed E-state index contributed by atoms with van der Waals surface area (Å²) in [6, 6.07) is 13.3. The summed E-state index contributed by atoms with van der Waals surface area (Å²) in [6.45, 7) is 2.03. The van der Waals surface area contributed by atoms with Crippen molar-refractivity contribution in [3.63, 3.8) is 0 Å². The third-order valence-electron chi connectivity index (χ3n) is 3.69. The number of carbonyl (C=O) groups is 1. The van der Waals surface area contributed by atoms with E-state index in [-0.39, 0.29) is 6.42 Å². The fraction of sp³-hybridized carbons (Fsp3) is 0.312. The summed E-state index contributed by atoms with van der Waals surface area (Å²) in [6.07, 6.45) is 0.226. The highest BCUT2D eigenvalue weighted by Gasteiger charge is 2.61. The Morgan fingerprint density at radius 2 is 2.05 bits per heavy atom. The molecule has 0 aliphatic heterocycles.